The summed E-state index contributed by atoms with van der Waals surface area (Å²) in [6, 6.07) is 80.7. The maximum Gasteiger partial charge on any atom is 0.143 e. The number of fused-ring (bicyclic) bond motifs is 6. The van der Waals surface area contributed by atoms with Gasteiger partial charge in [-0.1, -0.05) is 176 Å². The topological polar surface area (TPSA) is 16.4 Å². The van der Waals surface area contributed by atoms with Gasteiger partial charge < -0.3 is 9.32 Å². The number of hydrogen-bond acceptors (Lipinski definition) is 2. The van der Waals surface area contributed by atoms with E-state index < -0.39 is 0 Å². The molecule has 0 radical (unpaired) electrons. The Kier molecular flexibility index (Phi) is 8.19. The van der Waals surface area contributed by atoms with Gasteiger partial charge in [-0.25, -0.2) is 0 Å². The minimum absolute atomic E-state index is 0.890. The lowest BCUT2D eigenvalue weighted by Crippen LogP contribution is -2.11. The quantitative estimate of drug-likeness (QED) is 0.162. The summed E-state index contributed by atoms with van der Waals surface area (Å²) in [7, 11) is 0. The molecule has 1 heterocycles. The minimum atomic E-state index is 0.890. The molecule has 2 heteroatoms. The summed E-state index contributed by atoms with van der Waals surface area (Å²) < 4.78 is 6.51. The van der Waals surface area contributed by atoms with Crippen LogP contribution in [0, 0.1) is 0 Å². The van der Waals surface area contributed by atoms with Gasteiger partial charge >= 0.3 is 0 Å². The van der Waals surface area contributed by atoms with Crippen molar-refractivity contribution in [2.24, 2.45) is 0 Å². The van der Waals surface area contributed by atoms with Gasteiger partial charge in [0.1, 0.15) is 11.2 Å². The van der Waals surface area contributed by atoms with Crippen LogP contribution in [0.3, 0.4) is 0 Å². The number of hydrogen-bond donors (Lipinski definition) is 0. The first-order valence-electron chi connectivity index (χ1n) is 19.8. The van der Waals surface area contributed by atoms with E-state index in [-0.39, 0.29) is 0 Å². The van der Waals surface area contributed by atoms with Gasteiger partial charge in [-0.15, -0.1) is 0 Å². The van der Waals surface area contributed by atoms with Gasteiger partial charge in [0.15, 0.2) is 0 Å². The molecule has 0 fully saturated rings. The van der Waals surface area contributed by atoms with E-state index in [9.17, 15) is 0 Å². The van der Waals surface area contributed by atoms with Crippen molar-refractivity contribution in [3.63, 3.8) is 0 Å². The molecule has 0 aliphatic heterocycles. The normalized spacial score (nSPS) is 11.4. The fourth-order valence-electron chi connectivity index (χ4n) is 8.59. The maximum atomic E-state index is 6.51. The van der Waals surface area contributed by atoms with Crippen LogP contribution in [0.25, 0.3) is 88.0 Å². The van der Waals surface area contributed by atoms with E-state index in [0.29, 0.717) is 0 Å². The zero-order chi connectivity index (χ0) is 38.4. The summed E-state index contributed by atoms with van der Waals surface area (Å²) in [6.45, 7) is 0. The second-order valence-electron chi connectivity index (χ2n) is 14.9. The molecule has 272 valence electrons. The standard InChI is InChI=1S/C56H37NO/c1-2-12-38(13-3-1)44-17-10-18-47(36-44)57(46-32-28-40(29-33-46)39-24-26-43(27-25-39)49-22-11-16-41-14-4-6-19-48(41)49)54-23-9-8-20-50(54)45-31-35-55-53(37-45)52-34-30-42-15-5-7-21-51(42)56(52)58-55/h1-37H. The van der Waals surface area contributed by atoms with Crippen molar-refractivity contribution in [3.8, 4) is 44.5 Å². The third-order valence-electron chi connectivity index (χ3n) is 11.5. The highest BCUT2D eigenvalue weighted by molar-refractivity contribution is 6.15. The summed E-state index contributed by atoms with van der Waals surface area (Å²) in [5, 5.41) is 7.07. The average molecular weight is 740 g/mol. The molecular formula is C56H37NO. The van der Waals surface area contributed by atoms with Gasteiger partial charge in [0.05, 0.1) is 5.69 Å². The lowest BCUT2D eigenvalue weighted by Gasteiger charge is -2.28. The van der Waals surface area contributed by atoms with Gasteiger partial charge in [-0.05, 0) is 104 Å². The van der Waals surface area contributed by atoms with Crippen molar-refractivity contribution >= 4 is 60.5 Å². The zero-order valence-electron chi connectivity index (χ0n) is 31.7. The molecule has 10 aromatic carbocycles. The fourth-order valence-corrected chi connectivity index (χ4v) is 8.59. The predicted molar refractivity (Wildman–Crippen MR) is 245 cm³/mol. The number of benzene rings is 10. The first-order chi connectivity index (χ1) is 28.7. The molecule has 0 bridgehead atoms. The molecule has 0 saturated carbocycles. The molecule has 0 aliphatic rings. The fraction of sp³-hybridized carbons (Fsp3) is 0. The van der Waals surface area contributed by atoms with E-state index >= 15 is 0 Å². The Morgan fingerprint density at radius 1 is 0.293 bits per heavy atom. The number of para-hydroxylation sites is 1. The molecule has 0 saturated heterocycles. The molecule has 11 aromatic rings. The molecule has 0 amide bonds. The summed E-state index contributed by atoms with van der Waals surface area (Å²) in [6.07, 6.45) is 0. The monoisotopic (exact) mass is 739 g/mol. The summed E-state index contributed by atoms with van der Waals surface area (Å²) in [5.41, 5.74) is 14.5. The Morgan fingerprint density at radius 3 is 1.71 bits per heavy atom. The Morgan fingerprint density at radius 2 is 0.879 bits per heavy atom. The Labute approximate surface area is 337 Å². The van der Waals surface area contributed by atoms with Crippen molar-refractivity contribution in [1.82, 2.24) is 0 Å². The highest BCUT2D eigenvalue weighted by Gasteiger charge is 2.19. The molecule has 0 spiro atoms. The molecule has 0 unspecified atom stereocenters. The minimum Gasteiger partial charge on any atom is -0.455 e. The lowest BCUT2D eigenvalue weighted by atomic mass is 9.96. The smallest absolute Gasteiger partial charge is 0.143 e. The molecule has 11 rings (SSSR count). The summed E-state index contributed by atoms with van der Waals surface area (Å²) in [4.78, 5) is 2.39. The van der Waals surface area contributed by atoms with Crippen LogP contribution >= 0.6 is 0 Å². The molecule has 0 atom stereocenters. The third-order valence-corrected chi connectivity index (χ3v) is 11.5. The van der Waals surface area contributed by atoms with Crippen LogP contribution in [0.2, 0.25) is 0 Å². The van der Waals surface area contributed by atoms with Gasteiger partial charge in [0.25, 0.3) is 0 Å². The zero-order valence-corrected chi connectivity index (χ0v) is 31.7. The SMILES string of the molecule is c1ccc(-c2cccc(N(c3ccc(-c4ccc(-c5cccc6ccccc56)cc4)cc3)c3ccccc3-c3ccc4oc5c6ccccc6ccc5c4c3)c2)cc1. The first kappa shape index (κ1) is 33.6. The van der Waals surface area contributed by atoms with Crippen LogP contribution in [0.5, 0.6) is 0 Å². The second kappa shape index (κ2) is 14.1. The molecule has 58 heavy (non-hydrogen) atoms. The first-order valence-corrected chi connectivity index (χ1v) is 19.8. The largest absolute Gasteiger partial charge is 0.455 e. The van der Waals surface area contributed by atoms with Crippen LogP contribution in [-0.2, 0) is 0 Å². The lowest BCUT2D eigenvalue weighted by molar-refractivity contribution is 0.672. The van der Waals surface area contributed by atoms with E-state index in [1.54, 1.807) is 0 Å². The number of furan rings is 1. The van der Waals surface area contributed by atoms with Gasteiger partial charge in [-0.3, -0.25) is 0 Å². The Bertz CT molecular complexity index is 3260. The van der Waals surface area contributed by atoms with Crippen molar-refractivity contribution in [1.29, 1.82) is 0 Å². The maximum absolute atomic E-state index is 6.51. The molecule has 0 aliphatic carbocycles. The Balaban J connectivity index is 1.01. The molecule has 1 aromatic heterocycles. The van der Waals surface area contributed by atoms with Crippen molar-refractivity contribution in [3.05, 3.63) is 224 Å². The highest BCUT2D eigenvalue weighted by atomic mass is 16.3. The van der Waals surface area contributed by atoms with E-state index in [1.807, 2.05) is 0 Å². The number of rotatable bonds is 7. The highest BCUT2D eigenvalue weighted by Crippen LogP contribution is 2.44. The van der Waals surface area contributed by atoms with Crippen molar-refractivity contribution < 1.29 is 4.42 Å². The van der Waals surface area contributed by atoms with Crippen molar-refractivity contribution in [2.75, 3.05) is 4.90 Å². The van der Waals surface area contributed by atoms with E-state index in [4.69, 9.17) is 4.42 Å². The Hall–Kier alpha value is -7.68. The molecule has 2 nitrogen and oxygen atoms in total. The molecule has 0 N–H and O–H groups in total. The van der Waals surface area contributed by atoms with Crippen LogP contribution < -0.4 is 4.90 Å². The van der Waals surface area contributed by atoms with Crippen molar-refractivity contribution in [2.45, 2.75) is 0 Å². The molecular weight excluding hydrogens is 703 g/mol. The van der Waals surface area contributed by atoms with Gasteiger partial charge in [0, 0.05) is 33.1 Å². The van der Waals surface area contributed by atoms with E-state index in [1.165, 1.54) is 49.5 Å². The van der Waals surface area contributed by atoms with Gasteiger partial charge in [-0.2, -0.15) is 0 Å². The summed E-state index contributed by atoms with van der Waals surface area (Å²) in [5.74, 6) is 0. The number of nitrogens with zero attached hydrogens (tertiary/aromatic N) is 1. The van der Waals surface area contributed by atoms with E-state index in [2.05, 4.69) is 229 Å². The van der Waals surface area contributed by atoms with E-state index in [0.717, 1.165) is 55.5 Å². The van der Waals surface area contributed by atoms with Crippen LogP contribution in [0.4, 0.5) is 17.1 Å². The number of anilines is 3. The van der Waals surface area contributed by atoms with Crippen LogP contribution in [0.15, 0.2) is 229 Å². The summed E-state index contributed by atoms with van der Waals surface area (Å²) >= 11 is 0. The second-order valence-corrected chi connectivity index (χ2v) is 14.9. The van der Waals surface area contributed by atoms with Crippen LogP contribution in [-0.4, -0.2) is 0 Å². The van der Waals surface area contributed by atoms with Gasteiger partial charge in [0.2, 0.25) is 0 Å². The average Bonchev–Trinajstić information content (AvgIpc) is 3.68. The third kappa shape index (κ3) is 5.91. The predicted octanol–water partition coefficient (Wildman–Crippen LogP) is 16.0. The van der Waals surface area contributed by atoms with Crippen LogP contribution in [0.1, 0.15) is 0 Å².